The molecular formula is C12H13F3N6. The Hall–Kier alpha value is -2.19. The van der Waals surface area contributed by atoms with Crippen LogP contribution in [-0.4, -0.2) is 38.1 Å². The Kier molecular flexibility index (Phi) is 3.48. The summed E-state index contributed by atoms with van der Waals surface area (Å²) in [5, 5.41) is 7.72. The van der Waals surface area contributed by atoms with Crippen LogP contribution in [0.25, 0.3) is 0 Å². The molecule has 1 saturated heterocycles. The summed E-state index contributed by atoms with van der Waals surface area (Å²) >= 11 is 0. The Morgan fingerprint density at radius 2 is 1.90 bits per heavy atom. The van der Waals surface area contributed by atoms with E-state index in [-0.39, 0.29) is 12.0 Å². The summed E-state index contributed by atoms with van der Waals surface area (Å²) in [4.78, 5) is 9.32. The topological polar surface area (TPSA) is 59.7 Å². The van der Waals surface area contributed by atoms with Gasteiger partial charge in [-0.2, -0.15) is 13.2 Å². The molecule has 0 unspecified atom stereocenters. The molecule has 0 radical (unpaired) electrons. The van der Waals surface area contributed by atoms with Crippen molar-refractivity contribution < 1.29 is 13.2 Å². The van der Waals surface area contributed by atoms with Crippen LogP contribution >= 0.6 is 0 Å². The molecule has 1 aliphatic heterocycles. The van der Waals surface area contributed by atoms with Gasteiger partial charge in [-0.05, 0) is 18.9 Å². The standard InChI is InChI=1S/C12H13F3N6/c13-12(14,15)10-1-4-16-11(18-10)20-6-2-9(3-7-20)21-8-5-17-19-21/h1,4-5,8-9H,2-3,6-7H2. The van der Waals surface area contributed by atoms with Crippen LogP contribution in [0.2, 0.25) is 0 Å². The number of hydrogen-bond donors (Lipinski definition) is 0. The molecule has 2 aromatic rings. The van der Waals surface area contributed by atoms with Gasteiger partial charge in [0.05, 0.1) is 12.2 Å². The molecule has 1 fully saturated rings. The molecule has 0 aromatic carbocycles. The van der Waals surface area contributed by atoms with Crippen LogP contribution < -0.4 is 4.90 Å². The average Bonchev–Trinajstić information content (AvgIpc) is 3.01. The van der Waals surface area contributed by atoms with Gasteiger partial charge in [0.1, 0.15) is 5.69 Å². The third-order valence-corrected chi connectivity index (χ3v) is 3.50. The molecule has 6 nitrogen and oxygen atoms in total. The van der Waals surface area contributed by atoms with Crippen molar-refractivity contribution in [2.75, 3.05) is 18.0 Å². The zero-order chi connectivity index (χ0) is 14.9. The predicted octanol–water partition coefficient (Wildman–Crippen LogP) is 1.93. The average molecular weight is 298 g/mol. The van der Waals surface area contributed by atoms with Gasteiger partial charge in [0.2, 0.25) is 5.95 Å². The number of aromatic nitrogens is 5. The molecule has 0 amide bonds. The molecule has 2 aromatic heterocycles. The van der Waals surface area contributed by atoms with E-state index < -0.39 is 11.9 Å². The molecule has 3 heterocycles. The number of nitrogens with zero attached hydrogens (tertiary/aromatic N) is 6. The van der Waals surface area contributed by atoms with Crippen molar-refractivity contribution in [3.63, 3.8) is 0 Å². The second kappa shape index (κ2) is 5.30. The minimum absolute atomic E-state index is 0.127. The fraction of sp³-hybridized carbons (Fsp3) is 0.500. The first kappa shape index (κ1) is 13.8. The van der Waals surface area contributed by atoms with Crippen LogP contribution in [0.1, 0.15) is 24.6 Å². The summed E-state index contributed by atoms with van der Waals surface area (Å²) in [5.74, 6) is 0.127. The van der Waals surface area contributed by atoms with Gasteiger partial charge in [-0.3, -0.25) is 0 Å². The minimum atomic E-state index is -4.45. The number of anilines is 1. The Morgan fingerprint density at radius 3 is 2.52 bits per heavy atom. The maximum Gasteiger partial charge on any atom is 0.433 e. The van der Waals surface area contributed by atoms with Crippen LogP contribution in [0.3, 0.4) is 0 Å². The van der Waals surface area contributed by atoms with Crippen LogP contribution in [0.15, 0.2) is 24.7 Å². The number of halogens is 3. The molecule has 0 bridgehead atoms. The number of hydrogen-bond acceptors (Lipinski definition) is 5. The Bertz CT molecular complexity index is 589. The zero-order valence-corrected chi connectivity index (χ0v) is 11.0. The molecule has 9 heteroatoms. The van der Waals surface area contributed by atoms with Gasteiger partial charge >= 0.3 is 6.18 Å². The SMILES string of the molecule is FC(F)(F)c1ccnc(N2CCC(n3ccnn3)CC2)n1. The van der Waals surface area contributed by atoms with Crippen LogP contribution in [0.5, 0.6) is 0 Å². The quantitative estimate of drug-likeness (QED) is 0.848. The minimum Gasteiger partial charge on any atom is -0.341 e. The summed E-state index contributed by atoms with van der Waals surface area (Å²) in [6, 6.07) is 1.10. The van der Waals surface area contributed by atoms with Crippen molar-refractivity contribution in [2.45, 2.75) is 25.1 Å². The highest BCUT2D eigenvalue weighted by atomic mass is 19.4. The first-order valence-electron chi connectivity index (χ1n) is 6.55. The summed E-state index contributed by atoms with van der Waals surface area (Å²) in [6.45, 7) is 1.18. The van der Waals surface area contributed by atoms with Crippen molar-refractivity contribution in [3.8, 4) is 0 Å². The van der Waals surface area contributed by atoms with E-state index in [1.807, 2.05) is 0 Å². The maximum atomic E-state index is 12.7. The van der Waals surface area contributed by atoms with Crippen molar-refractivity contribution in [3.05, 3.63) is 30.4 Å². The van der Waals surface area contributed by atoms with Crippen molar-refractivity contribution in [1.29, 1.82) is 0 Å². The number of rotatable bonds is 2. The lowest BCUT2D eigenvalue weighted by molar-refractivity contribution is -0.141. The van der Waals surface area contributed by atoms with Gasteiger partial charge in [0.15, 0.2) is 0 Å². The van der Waals surface area contributed by atoms with Crippen molar-refractivity contribution >= 4 is 5.95 Å². The Morgan fingerprint density at radius 1 is 1.14 bits per heavy atom. The van der Waals surface area contributed by atoms with Gasteiger partial charge in [-0.1, -0.05) is 5.21 Å². The van der Waals surface area contributed by atoms with E-state index >= 15 is 0 Å². The van der Waals surface area contributed by atoms with Gasteiger partial charge in [-0.15, -0.1) is 5.10 Å². The van der Waals surface area contributed by atoms with Gasteiger partial charge in [0.25, 0.3) is 0 Å². The highest BCUT2D eigenvalue weighted by molar-refractivity contribution is 5.31. The molecule has 21 heavy (non-hydrogen) atoms. The van der Waals surface area contributed by atoms with Gasteiger partial charge in [0, 0.05) is 25.5 Å². The lowest BCUT2D eigenvalue weighted by Crippen LogP contribution is -2.36. The lowest BCUT2D eigenvalue weighted by Gasteiger charge is -2.31. The molecule has 0 spiro atoms. The predicted molar refractivity (Wildman–Crippen MR) is 67.5 cm³/mol. The van der Waals surface area contributed by atoms with Crippen molar-refractivity contribution in [1.82, 2.24) is 25.0 Å². The monoisotopic (exact) mass is 298 g/mol. The van der Waals surface area contributed by atoms with E-state index in [0.717, 1.165) is 25.1 Å². The second-order valence-electron chi connectivity index (χ2n) is 4.84. The number of alkyl halides is 3. The van der Waals surface area contributed by atoms with E-state index in [1.54, 1.807) is 22.0 Å². The molecule has 0 N–H and O–H groups in total. The largest absolute Gasteiger partial charge is 0.433 e. The molecule has 0 aliphatic carbocycles. The Labute approximate surface area is 118 Å². The Balaban J connectivity index is 1.70. The highest BCUT2D eigenvalue weighted by Crippen LogP contribution is 2.29. The third-order valence-electron chi connectivity index (χ3n) is 3.50. The highest BCUT2D eigenvalue weighted by Gasteiger charge is 2.33. The van der Waals surface area contributed by atoms with E-state index in [1.165, 1.54) is 0 Å². The lowest BCUT2D eigenvalue weighted by atomic mass is 10.1. The van der Waals surface area contributed by atoms with E-state index in [2.05, 4.69) is 20.3 Å². The molecule has 1 aliphatic rings. The normalized spacial score (nSPS) is 17.2. The fourth-order valence-electron chi connectivity index (χ4n) is 2.40. The second-order valence-corrected chi connectivity index (χ2v) is 4.84. The molecule has 0 atom stereocenters. The maximum absolute atomic E-state index is 12.7. The van der Waals surface area contributed by atoms with Gasteiger partial charge < -0.3 is 4.90 Å². The van der Waals surface area contributed by atoms with Crippen LogP contribution in [0, 0.1) is 0 Å². The van der Waals surface area contributed by atoms with Gasteiger partial charge in [-0.25, -0.2) is 14.6 Å². The summed E-state index contributed by atoms with van der Waals surface area (Å²) in [5.41, 5.74) is -0.911. The summed E-state index contributed by atoms with van der Waals surface area (Å²) in [7, 11) is 0. The fourth-order valence-corrected chi connectivity index (χ4v) is 2.40. The number of piperidine rings is 1. The zero-order valence-electron chi connectivity index (χ0n) is 11.0. The molecular weight excluding hydrogens is 285 g/mol. The summed E-state index contributed by atoms with van der Waals surface area (Å²) < 4.78 is 39.7. The van der Waals surface area contributed by atoms with Crippen molar-refractivity contribution in [2.24, 2.45) is 0 Å². The van der Waals surface area contributed by atoms with Crippen LogP contribution in [0.4, 0.5) is 19.1 Å². The first-order valence-corrected chi connectivity index (χ1v) is 6.55. The molecule has 3 rings (SSSR count). The molecule has 0 saturated carbocycles. The smallest absolute Gasteiger partial charge is 0.341 e. The van der Waals surface area contributed by atoms with Crippen LogP contribution in [-0.2, 0) is 6.18 Å². The first-order chi connectivity index (χ1) is 10.0. The summed E-state index contributed by atoms with van der Waals surface area (Å²) in [6.07, 6.45) is 1.64. The van der Waals surface area contributed by atoms with E-state index in [0.29, 0.717) is 13.1 Å². The van der Waals surface area contributed by atoms with E-state index in [4.69, 9.17) is 0 Å². The van der Waals surface area contributed by atoms with E-state index in [9.17, 15) is 13.2 Å². The molecule has 112 valence electrons. The third kappa shape index (κ3) is 2.96.